The molecule has 12 heterocycles. The van der Waals surface area contributed by atoms with Gasteiger partial charge in [-0.3, -0.25) is 9.59 Å². The molecule has 28 heteroatoms. The predicted octanol–water partition coefficient (Wildman–Crippen LogP) is 28.2. The Morgan fingerprint density at radius 2 is 0.673 bits per heavy atom. The van der Waals surface area contributed by atoms with Gasteiger partial charge < -0.3 is 84.3 Å². The number of carbonyl (C=O) groups is 2. The third-order valence-electron chi connectivity index (χ3n) is 27.4. The van der Waals surface area contributed by atoms with Crippen LogP contribution in [0.1, 0.15) is 80.5 Å². The molecule has 12 aromatic carbocycles. The fourth-order valence-electron chi connectivity index (χ4n) is 20.5. The number of rotatable bonds is 18. The van der Waals surface area contributed by atoms with Crippen molar-refractivity contribution in [2.24, 2.45) is 0 Å². The molecule has 22 aromatic rings. The first-order valence-electron chi connectivity index (χ1n) is 48.9. The van der Waals surface area contributed by atoms with Crippen LogP contribution in [0.2, 0.25) is 0 Å². The Morgan fingerprint density at radius 1 is 0.333 bits per heavy atom. The first-order chi connectivity index (χ1) is 73.2. The number of anilines is 2. The second-order valence-corrected chi connectivity index (χ2v) is 37.1. The Labute approximate surface area is 872 Å². The van der Waals surface area contributed by atoms with Crippen LogP contribution in [-0.4, -0.2) is 102 Å². The molecule has 0 saturated heterocycles. The number of benzene rings is 12. The SMILES string of the molecule is CCn1c(-c2cc(C)cs2)c(C#N)c2ccc(OC)cc21.CCn1c(-c2ccc3c(c2)N(C)C(=O)CO3)c(C#N)c2ccc(OC)cc21.CCn1c(-c2ccc3c(c2)NC(=O)CO3)c(C#N)c2ccc(OC)cc21.CCn1c(-c2cccc3c2oc2ccccc23)c(C#N)c2ccc(OC)cc21.CCn1c(-c2cccc3c2oc2ccccc23)c(C#N)c2ccc(OC)cc21.CCn1c(-c2cccs2)c(C#N)c2ccc(OC)cc21. The van der Waals surface area contributed by atoms with Gasteiger partial charge in [0.25, 0.3) is 11.8 Å². The summed E-state index contributed by atoms with van der Waals surface area (Å²) in [5.74, 6) is 5.68. The van der Waals surface area contributed by atoms with Gasteiger partial charge in [0.1, 0.15) is 105 Å². The Morgan fingerprint density at radius 3 is 1.03 bits per heavy atom. The molecule has 0 bridgehead atoms. The highest BCUT2D eigenvalue weighted by Crippen LogP contribution is 2.49. The van der Waals surface area contributed by atoms with Crippen LogP contribution in [0, 0.1) is 74.9 Å². The molecule has 0 aliphatic carbocycles. The maximum absolute atomic E-state index is 12.0. The van der Waals surface area contributed by atoms with Gasteiger partial charge in [0.15, 0.2) is 13.2 Å². The second-order valence-electron chi connectivity index (χ2n) is 35.3. The highest BCUT2D eigenvalue weighted by molar-refractivity contribution is 7.14. The fourth-order valence-corrected chi connectivity index (χ4v) is 22.3. The standard InChI is InChI=1S/2C24H18N2O2.C21H19N3O3.C20H17N3O3.C17H16N2OS.C16H14N2OS/c2*1-3-26-21-13-15(27-2)11-12-16(21)20(14-25)23(26)19-9-6-8-18-17-7-4-5-10-22(17)28-24(18)19;1-4-24-17-10-14(26-3)6-7-15(17)16(11-22)21(24)13-5-8-19-18(9-13)23(2)20(25)12-27-19;1-3-23-17-9-13(25-2)5-6-14(17)15(10-21)20(23)12-4-7-18-16(8-12)22-19(24)11-26-18;1-4-19-15-8-12(20-3)5-6-13(15)14(9-18)17(19)16-7-11(2)10-21-16;1-3-18-14-9-11(19-2)6-7-12(14)13(10-17)16(18)15-5-4-8-20-15/h2*4-13H,3H2,1-2H3;5-10H,4,12H2,1-3H3;4-9H,3,11H2,1-2H3,(H,22,24);5-8,10H,4H2,1-3H3;4-9H,3H2,1-2H3. The molecule has 0 spiro atoms. The van der Waals surface area contributed by atoms with Gasteiger partial charge in [-0.1, -0.05) is 66.7 Å². The van der Waals surface area contributed by atoms with Crippen molar-refractivity contribution in [3.63, 3.8) is 0 Å². The summed E-state index contributed by atoms with van der Waals surface area (Å²) < 4.78 is 68.4. The molecule has 10 aromatic heterocycles. The van der Waals surface area contributed by atoms with Crippen LogP contribution < -0.4 is 48.1 Å². The Balaban J connectivity index is 0.000000113. The number of hydrogen-bond donors (Lipinski definition) is 1. The molecule has 2 amide bonds. The minimum atomic E-state index is -0.184. The zero-order valence-electron chi connectivity index (χ0n) is 85.0. The molecular formula is C122H102N14O12S2. The van der Waals surface area contributed by atoms with E-state index in [9.17, 15) is 41.2 Å². The van der Waals surface area contributed by atoms with Gasteiger partial charge in [0.2, 0.25) is 0 Å². The van der Waals surface area contributed by atoms with Gasteiger partial charge in [0.05, 0.1) is 164 Å². The summed E-state index contributed by atoms with van der Waals surface area (Å²) in [6.07, 6.45) is 0. The van der Waals surface area contributed by atoms with Crippen molar-refractivity contribution in [1.82, 2.24) is 27.4 Å². The van der Waals surface area contributed by atoms with E-state index < -0.39 is 0 Å². The van der Waals surface area contributed by atoms with Crippen molar-refractivity contribution in [3.8, 4) is 149 Å². The largest absolute Gasteiger partial charge is 0.497 e. The van der Waals surface area contributed by atoms with Gasteiger partial charge in [-0.05, 0) is 210 Å². The summed E-state index contributed by atoms with van der Waals surface area (Å²) in [6, 6.07) is 95.0. The van der Waals surface area contributed by atoms with E-state index in [1.807, 2.05) is 232 Å². The van der Waals surface area contributed by atoms with Crippen LogP contribution in [-0.2, 0) is 48.9 Å². The van der Waals surface area contributed by atoms with E-state index in [4.69, 9.17) is 46.7 Å². The van der Waals surface area contributed by atoms with E-state index in [2.05, 4.69) is 146 Å². The summed E-state index contributed by atoms with van der Waals surface area (Å²) in [5.41, 5.74) is 24.9. The second kappa shape index (κ2) is 42.8. The average Bonchev–Trinajstić information content (AvgIpc) is 1.59. The number of aromatic nitrogens is 6. The maximum Gasteiger partial charge on any atom is 0.264 e. The molecule has 1 N–H and O–H groups in total. The van der Waals surface area contributed by atoms with Crippen LogP contribution in [0.3, 0.4) is 0 Å². The van der Waals surface area contributed by atoms with E-state index in [0.29, 0.717) is 58.2 Å². The Kier molecular flexibility index (Phi) is 28.5. The van der Waals surface area contributed by atoms with E-state index >= 15 is 0 Å². The van der Waals surface area contributed by atoms with Crippen LogP contribution in [0.4, 0.5) is 11.4 Å². The molecule has 2 aliphatic rings. The lowest BCUT2D eigenvalue weighted by atomic mass is 10.0. The number of furan rings is 2. The van der Waals surface area contributed by atoms with Gasteiger partial charge in [-0.2, -0.15) is 31.6 Å². The number of nitrogens with one attached hydrogen (secondary N) is 1. The zero-order valence-corrected chi connectivity index (χ0v) is 86.6. The van der Waals surface area contributed by atoms with E-state index in [1.165, 1.54) is 5.56 Å². The third kappa shape index (κ3) is 17.8. The molecule has 150 heavy (non-hydrogen) atoms. The summed E-state index contributed by atoms with van der Waals surface area (Å²) in [6.45, 7) is 19.1. The highest BCUT2D eigenvalue weighted by Gasteiger charge is 2.31. The van der Waals surface area contributed by atoms with Crippen molar-refractivity contribution < 1.29 is 56.3 Å². The van der Waals surface area contributed by atoms with Crippen molar-refractivity contribution in [3.05, 3.63) is 298 Å². The summed E-state index contributed by atoms with van der Waals surface area (Å²) in [4.78, 5) is 27.5. The summed E-state index contributed by atoms with van der Waals surface area (Å²) >= 11 is 3.34. The number of fused-ring (bicyclic) bond motifs is 14. The average molecular weight is 2020 g/mol. The normalized spacial score (nSPS) is 11.8. The molecule has 0 radical (unpaired) electrons. The highest BCUT2D eigenvalue weighted by atomic mass is 32.1. The number of ether oxygens (including phenoxy) is 8. The number of hydrogen-bond acceptors (Lipinski definition) is 20. The van der Waals surface area contributed by atoms with Crippen LogP contribution in [0.15, 0.2) is 268 Å². The minimum absolute atomic E-state index is 0.0187. The molecule has 0 saturated carbocycles. The van der Waals surface area contributed by atoms with Gasteiger partial charge in [0, 0.05) is 159 Å². The number of methoxy groups -OCH3 is 6. The number of thiophene rings is 2. The van der Waals surface area contributed by atoms with Crippen LogP contribution in [0.5, 0.6) is 46.0 Å². The molecule has 2 aliphatic heterocycles. The van der Waals surface area contributed by atoms with Crippen LogP contribution in [0.25, 0.3) is 175 Å². The third-order valence-corrected chi connectivity index (χ3v) is 29.4. The van der Waals surface area contributed by atoms with Crippen molar-refractivity contribution in [2.45, 2.75) is 87.7 Å². The van der Waals surface area contributed by atoms with E-state index in [-0.39, 0.29) is 25.0 Å². The molecule has 0 fully saturated rings. The number of amides is 2. The monoisotopic (exact) mass is 2020 g/mol. The number of likely N-dealkylation sites (N-methyl/N-ethyl adjacent to an activating group) is 1. The summed E-state index contributed by atoms with van der Waals surface area (Å²) in [7, 11) is 11.6. The maximum atomic E-state index is 12.0. The number of nitriles is 6. The lowest BCUT2D eigenvalue weighted by Crippen LogP contribution is -2.35. The van der Waals surface area contributed by atoms with Crippen molar-refractivity contribution in [2.75, 3.05) is 73.1 Å². The molecule has 0 atom stereocenters. The zero-order chi connectivity index (χ0) is 105. The van der Waals surface area contributed by atoms with Crippen molar-refractivity contribution >= 4 is 155 Å². The molecular weight excluding hydrogens is 1920 g/mol. The fraction of sp³-hybridized carbons (Fsp3) is 0.180. The Bertz CT molecular complexity index is 9160. The lowest BCUT2D eigenvalue weighted by Gasteiger charge is -2.26. The molecule has 26 nitrogen and oxygen atoms in total. The predicted molar refractivity (Wildman–Crippen MR) is 594 cm³/mol. The number of para-hydroxylation sites is 4. The summed E-state index contributed by atoms with van der Waals surface area (Å²) in [5, 5.41) is 75.7. The molecule has 0 unspecified atom stereocenters. The van der Waals surface area contributed by atoms with E-state index in [0.717, 1.165) is 247 Å². The number of carbonyl (C=O) groups excluding carboxylic acids is 2. The first-order valence-corrected chi connectivity index (χ1v) is 50.7. The lowest BCUT2D eigenvalue weighted by molar-refractivity contribution is -0.121. The van der Waals surface area contributed by atoms with Gasteiger partial charge in [-0.15, -0.1) is 22.7 Å². The molecule has 24 rings (SSSR count). The quantitative estimate of drug-likeness (QED) is 0.0834. The van der Waals surface area contributed by atoms with Gasteiger partial charge in [-0.25, -0.2) is 0 Å². The van der Waals surface area contributed by atoms with Crippen molar-refractivity contribution in [1.29, 1.82) is 31.6 Å². The number of nitrogens with zero attached hydrogens (tertiary/aromatic N) is 13. The van der Waals surface area contributed by atoms with E-state index in [1.54, 1.807) is 77.3 Å². The van der Waals surface area contributed by atoms with Gasteiger partial charge >= 0.3 is 0 Å². The topological polar surface area (TPSA) is 322 Å². The van der Waals surface area contributed by atoms with Crippen LogP contribution >= 0.6 is 22.7 Å². The Hall–Kier alpha value is -18.8. The first kappa shape index (κ1) is 99.9. The molecule has 744 valence electrons. The number of aryl methyl sites for hydroxylation is 7. The smallest absolute Gasteiger partial charge is 0.264 e. The minimum Gasteiger partial charge on any atom is -0.497 e.